The van der Waals surface area contributed by atoms with Gasteiger partial charge in [0.15, 0.2) is 11.5 Å². The Kier molecular flexibility index (Phi) is 7.78. The fourth-order valence-electron chi connectivity index (χ4n) is 2.29. The lowest BCUT2D eigenvalue weighted by atomic mass is 10.2. The first-order valence-corrected chi connectivity index (χ1v) is 8.73. The van der Waals surface area contributed by atoms with Crippen molar-refractivity contribution in [2.24, 2.45) is 0 Å². The van der Waals surface area contributed by atoms with Crippen LogP contribution < -0.4 is 19.5 Å². The van der Waals surface area contributed by atoms with Gasteiger partial charge in [-0.25, -0.2) is 0 Å². The zero-order valence-electron chi connectivity index (χ0n) is 15.3. The van der Waals surface area contributed by atoms with E-state index >= 15 is 0 Å². The number of halogens is 1. The van der Waals surface area contributed by atoms with Gasteiger partial charge in [-0.15, -0.1) is 0 Å². The number of methoxy groups -OCH3 is 1. The number of rotatable bonds is 9. The Morgan fingerprint density at radius 2 is 1.93 bits per heavy atom. The van der Waals surface area contributed by atoms with Crippen molar-refractivity contribution in [3.8, 4) is 23.3 Å². The monoisotopic (exact) mass is 388 g/mol. The molecule has 1 amide bonds. The Hall–Kier alpha value is -2.91. The maximum absolute atomic E-state index is 11.4. The van der Waals surface area contributed by atoms with Crippen molar-refractivity contribution in [3.05, 3.63) is 52.5 Å². The van der Waals surface area contributed by atoms with Crippen LogP contribution in [0.5, 0.6) is 17.2 Å². The van der Waals surface area contributed by atoms with Gasteiger partial charge in [-0.2, -0.15) is 5.26 Å². The van der Waals surface area contributed by atoms with Crippen molar-refractivity contribution in [2.75, 3.05) is 20.3 Å². The summed E-state index contributed by atoms with van der Waals surface area (Å²) in [6.07, 6.45) is -0.161. The zero-order valence-corrected chi connectivity index (χ0v) is 16.0. The number of carbonyl (C=O) groups is 1. The van der Waals surface area contributed by atoms with Crippen molar-refractivity contribution in [2.45, 2.75) is 19.9 Å². The van der Waals surface area contributed by atoms with Gasteiger partial charge in [0.2, 0.25) is 5.91 Å². The van der Waals surface area contributed by atoms with Crippen LogP contribution in [-0.4, -0.2) is 26.2 Å². The maximum atomic E-state index is 11.4. The summed E-state index contributed by atoms with van der Waals surface area (Å²) in [7, 11) is 1.55. The number of amides is 1. The average molecular weight is 389 g/mol. The van der Waals surface area contributed by atoms with Gasteiger partial charge in [-0.05, 0) is 48.4 Å². The third-order valence-electron chi connectivity index (χ3n) is 3.70. The number of hydrogen-bond donors (Lipinski definition) is 1. The molecule has 6 nitrogen and oxygen atoms in total. The number of ether oxygens (including phenoxy) is 3. The van der Waals surface area contributed by atoms with Crippen LogP contribution in [0.15, 0.2) is 36.4 Å². The predicted molar refractivity (Wildman–Crippen MR) is 102 cm³/mol. The van der Waals surface area contributed by atoms with E-state index in [4.69, 9.17) is 31.1 Å². The molecule has 0 atom stereocenters. The summed E-state index contributed by atoms with van der Waals surface area (Å²) in [5.41, 5.74) is 1.80. The second-order valence-electron chi connectivity index (χ2n) is 5.70. The van der Waals surface area contributed by atoms with E-state index in [9.17, 15) is 4.79 Å². The number of nitriles is 1. The highest BCUT2D eigenvalue weighted by Crippen LogP contribution is 2.28. The van der Waals surface area contributed by atoms with E-state index in [0.29, 0.717) is 36.3 Å². The van der Waals surface area contributed by atoms with Gasteiger partial charge in [0.05, 0.1) is 13.2 Å². The SMILES string of the molecule is COc1cc(CNC(=O)CC#N)ccc1OCCOc1ccc(Cl)c(C)c1. The summed E-state index contributed by atoms with van der Waals surface area (Å²) in [6, 6.07) is 12.7. The highest BCUT2D eigenvalue weighted by Gasteiger charge is 2.07. The van der Waals surface area contributed by atoms with Crippen molar-refractivity contribution < 1.29 is 19.0 Å². The quantitative estimate of drug-likeness (QED) is 0.663. The molecule has 0 spiro atoms. The maximum Gasteiger partial charge on any atom is 0.234 e. The molecule has 0 radical (unpaired) electrons. The minimum atomic E-state index is -0.314. The molecule has 0 aliphatic rings. The molecule has 0 saturated heterocycles. The molecule has 0 heterocycles. The number of benzene rings is 2. The van der Waals surface area contributed by atoms with Gasteiger partial charge in [-0.3, -0.25) is 4.79 Å². The van der Waals surface area contributed by atoms with E-state index in [1.807, 2.05) is 25.1 Å². The van der Waals surface area contributed by atoms with Gasteiger partial charge >= 0.3 is 0 Å². The molecule has 1 N–H and O–H groups in total. The van der Waals surface area contributed by atoms with Crippen LogP contribution in [-0.2, 0) is 11.3 Å². The van der Waals surface area contributed by atoms with Crippen LogP contribution in [0.4, 0.5) is 0 Å². The van der Waals surface area contributed by atoms with E-state index < -0.39 is 0 Å². The molecule has 0 aliphatic heterocycles. The van der Waals surface area contributed by atoms with Gasteiger partial charge in [-0.1, -0.05) is 17.7 Å². The highest BCUT2D eigenvalue weighted by molar-refractivity contribution is 6.31. The molecule has 0 bridgehead atoms. The molecule has 27 heavy (non-hydrogen) atoms. The van der Waals surface area contributed by atoms with Crippen LogP contribution in [0.2, 0.25) is 5.02 Å². The van der Waals surface area contributed by atoms with Crippen LogP contribution in [0.1, 0.15) is 17.5 Å². The summed E-state index contributed by atoms with van der Waals surface area (Å²) in [5, 5.41) is 11.9. The van der Waals surface area contributed by atoms with E-state index in [0.717, 1.165) is 16.9 Å². The minimum absolute atomic E-state index is 0.161. The topological polar surface area (TPSA) is 80.6 Å². The molecule has 0 unspecified atom stereocenters. The van der Waals surface area contributed by atoms with Gasteiger partial charge < -0.3 is 19.5 Å². The largest absolute Gasteiger partial charge is 0.493 e. The standard InChI is InChI=1S/C20H21ClN2O4/c1-14-11-16(4-5-17(14)21)26-9-10-27-18-6-3-15(12-19(18)25-2)13-23-20(24)7-8-22/h3-6,11-12H,7,9-10,13H2,1-2H3,(H,23,24). The molecule has 2 rings (SSSR count). The van der Waals surface area contributed by atoms with Crippen molar-refractivity contribution in [1.29, 1.82) is 5.26 Å². The van der Waals surface area contributed by atoms with E-state index in [1.165, 1.54) is 0 Å². The van der Waals surface area contributed by atoms with Crippen molar-refractivity contribution in [3.63, 3.8) is 0 Å². The first kappa shape index (κ1) is 20.4. The number of nitrogens with zero attached hydrogens (tertiary/aromatic N) is 1. The third-order valence-corrected chi connectivity index (χ3v) is 4.12. The summed E-state index contributed by atoms with van der Waals surface area (Å²) in [5.74, 6) is 1.56. The predicted octanol–water partition coefficient (Wildman–Crippen LogP) is 3.64. The molecule has 0 aromatic heterocycles. The van der Waals surface area contributed by atoms with E-state index in [1.54, 1.807) is 31.4 Å². The van der Waals surface area contributed by atoms with Crippen molar-refractivity contribution >= 4 is 17.5 Å². The Labute approximate surface area is 163 Å². The summed E-state index contributed by atoms with van der Waals surface area (Å²) >= 11 is 5.99. The summed E-state index contributed by atoms with van der Waals surface area (Å²) in [4.78, 5) is 11.4. The average Bonchev–Trinajstić information content (AvgIpc) is 2.67. The molecular formula is C20H21ClN2O4. The van der Waals surface area contributed by atoms with Gasteiger partial charge in [0.1, 0.15) is 25.4 Å². The van der Waals surface area contributed by atoms with Crippen molar-refractivity contribution in [1.82, 2.24) is 5.32 Å². The Morgan fingerprint density at radius 1 is 1.15 bits per heavy atom. The molecule has 142 valence electrons. The smallest absolute Gasteiger partial charge is 0.234 e. The second-order valence-corrected chi connectivity index (χ2v) is 6.11. The molecule has 2 aromatic rings. The number of carbonyl (C=O) groups excluding carboxylic acids is 1. The molecule has 7 heteroatoms. The summed E-state index contributed by atoms with van der Waals surface area (Å²) < 4.78 is 16.7. The molecule has 2 aromatic carbocycles. The molecule has 0 fully saturated rings. The Morgan fingerprint density at radius 3 is 2.63 bits per heavy atom. The first-order chi connectivity index (χ1) is 13.0. The van der Waals surface area contributed by atoms with E-state index in [2.05, 4.69) is 5.32 Å². The fourth-order valence-corrected chi connectivity index (χ4v) is 2.41. The van der Waals surface area contributed by atoms with E-state index in [-0.39, 0.29) is 12.3 Å². The minimum Gasteiger partial charge on any atom is -0.493 e. The fraction of sp³-hybridized carbons (Fsp3) is 0.300. The van der Waals surface area contributed by atoms with Gasteiger partial charge in [0, 0.05) is 11.6 Å². The first-order valence-electron chi connectivity index (χ1n) is 8.35. The second kappa shape index (κ2) is 10.3. The number of hydrogen-bond acceptors (Lipinski definition) is 5. The highest BCUT2D eigenvalue weighted by atomic mass is 35.5. The zero-order chi connectivity index (χ0) is 19.6. The third kappa shape index (κ3) is 6.39. The molecule has 0 aliphatic carbocycles. The number of aryl methyl sites for hydroxylation is 1. The molecular weight excluding hydrogens is 368 g/mol. The normalized spacial score (nSPS) is 10.0. The van der Waals surface area contributed by atoms with Crippen LogP contribution >= 0.6 is 11.6 Å². The number of nitrogens with one attached hydrogen (secondary N) is 1. The Balaban J connectivity index is 1.85. The summed E-state index contributed by atoms with van der Waals surface area (Å²) in [6.45, 7) is 2.95. The molecule has 0 saturated carbocycles. The van der Waals surface area contributed by atoms with Crippen LogP contribution in [0.25, 0.3) is 0 Å². The lowest BCUT2D eigenvalue weighted by Crippen LogP contribution is -2.21. The van der Waals surface area contributed by atoms with Gasteiger partial charge in [0.25, 0.3) is 0 Å². The van der Waals surface area contributed by atoms with Crippen LogP contribution in [0, 0.1) is 18.3 Å². The Bertz CT molecular complexity index is 833. The lowest BCUT2D eigenvalue weighted by Gasteiger charge is -2.13. The lowest BCUT2D eigenvalue weighted by molar-refractivity contribution is -0.120. The van der Waals surface area contributed by atoms with Crippen LogP contribution in [0.3, 0.4) is 0 Å².